The Hall–Kier alpha value is -1.54. The van der Waals surface area contributed by atoms with Crippen molar-refractivity contribution in [3.63, 3.8) is 0 Å². The maximum atomic E-state index is 14.1. The van der Waals surface area contributed by atoms with Crippen molar-refractivity contribution < 1.29 is 34.8 Å². The second-order valence-corrected chi connectivity index (χ2v) is 10.7. The number of carbonyl (C=O) groups excluding carboxylic acids is 2. The van der Waals surface area contributed by atoms with Crippen LogP contribution in [0.5, 0.6) is 0 Å². The van der Waals surface area contributed by atoms with Crippen molar-refractivity contribution in [2.45, 2.75) is 77.3 Å². The number of aliphatic hydroxyl groups excluding tert-OH is 2. The number of hydrogen-bond donors (Lipinski definition) is 4. The van der Waals surface area contributed by atoms with Gasteiger partial charge in [-0.25, -0.2) is 0 Å². The van der Waals surface area contributed by atoms with E-state index in [1.54, 1.807) is 26.0 Å². The molecular weight excluding hydrogens is 400 g/mol. The Kier molecular flexibility index (Phi) is 4.92. The number of aliphatic hydroxyl groups is 4. The van der Waals surface area contributed by atoms with E-state index in [1.165, 1.54) is 0 Å². The molecule has 7 nitrogen and oxygen atoms in total. The van der Waals surface area contributed by atoms with Crippen LogP contribution >= 0.6 is 0 Å². The molecule has 0 aromatic rings. The van der Waals surface area contributed by atoms with Crippen molar-refractivity contribution in [3.8, 4) is 0 Å². The van der Waals surface area contributed by atoms with Crippen LogP contribution in [0.25, 0.3) is 0 Å². The van der Waals surface area contributed by atoms with Gasteiger partial charge in [0.2, 0.25) is 0 Å². The first-order chi connectivity index (χ1) is 14.3. The Morgan fingerprint density at radius 3 is 2.48 bits per heavy atom. The molecule has 0 aliphatic heterocycles. The van der Waals surface area contributed by atoms with Crippen molar-refractivity contribution in [3.05, 3.63) is 23.3 Å². The summed E-state index contributed by atoms with van der Waals surface area (Å²) < 4.78 is 5.32. The summed E-state index contributed by atoms with van der Waals surface area (Å²) in [5.74, 6) is -2.44. The summed E-state index contributed by atoms with van der Waals surface area (Å²) in [5, 5.41) is 45.7. The molecule has 2 bridgehead atoms. The molecule has 4 aliphatic carbocycles. The average Bonchev–Trinajstić information content (AvgIpc) is 3.07. The molecular formula is C24H34O7. The summed E-state index contributed by atoms with van der Waals surface area (Å²) in [5.41, 5.74) is -4.78. The van der Waals surface area contributed by atoms with Crippen molar-refractivity contribution in [2.75, 3.05) is 6.61 Å². The summed E-state index contributed by atoms with van der Waals surface area (Å²) in [4.78, 5) is 26.0. The number of ether oxygens (including phenoxy) is 1. The van der Waals surface area contributed by atoms with E-state index in [4.69, 9.17) is 4.74 Å². The van der Waals surface area contributed by atoms with Crippen LogP contribution in [0.3, 0.4) is 0 Å². The molecule has 8 atom stereocenters. The van der Waals surface area contributed by atoms with Gasteiger partial charge < -0.3 is 25.2 Å². The monoisotopic (exact) mass is 434 g/mol. The van der Waals surface area contributed by atoms with Crippen LogP contribution in [-0.4, -0.2) is 62.2 Å². The maximum Gasteiger partial charge on any atom is 0.306 e. The Labute approximate surface area is 182 Å². The molecule has 0 heterocycles. The number of hydrogen-bond acceptors (Lipinski definition) is 7. The van der Waals surface area contributed by atoms with E-state index in [-0.39, 0.29) is 30.8 Å². The van der Waals surface area contributed by atoms with Gasteiger partial charge in [0, 0.05) is 23.7 Å². The lowest BCUT2D eigenvalue weighted by Gasteiger charge is -2.48. The van der Waals surface area contributed by atoms with Crippen LogP contribution in [-0.2, 0) is 14.3 Å². The Bertz CT molecular complexity index is 888. The predicted octanol–water partition coefficient (Wildman–Crippen LogP) is 1.28. The first-order valence-corrected chi connectivity index (χ1v) is 11.2. The SMILES string of the molecule is CCCC(=O)OCC1=C[C@@H]2C(=O)[C@]3(C=C(C)[C@H](O)[C@@]3(O)[C@@H]1O)[C@H](C)C[C@]1(O)[C@H]2C1(C)C. The number of ketones is 1. The third-order valence-electron chi connectivity index (χ3n) is 8.77. The normalized spacial score (nSPS) is 47.4. The van der Waals surface area contributed by atoms with E-state index in [9.17, 15) is 30.0 Å². The van der Waals surface area contributed by atoms with Crippen LogP contribution in [0.15, 0.2) is 23.3 Å². The van der Waals surface area contributed by atoms with Gasteiger partial charge in [-0.15, -0.1) is 0 Å². The molecule has 2 fully saturated rings. The lowest BCUT2D eigenvalue weighted by molar-refractivity contribution is -0.191. The summed E-state index contributed by atoms with van der Waals surface area (Å²) in [6.45, 7) is 8.82. The summed E-state index contributed by atoms with van der Waals surface area (Å²) in [6.07, 6.45) is 1.21. The molecule has 0 aromatic carbocycles. The third-order valence-corrected chi connectivity index (χ3v) is 8.77. The summed E-state index contributed by atoms with van der Waals surface area (Å²) in [6, 6.07) is 0. The fraction of sp³-hybridized carbons (Fsp3) is 0.750. The molecule has 172 valence electrons. The van der Waals surface area contributed by atoms with Crippen LogP contribution in [0, 0.1) is 28.6 Å². The fourth-order valence-corrected chi connectivity index (χ4v) is 6.96. The maximum absolute atomic E-state index is 14.1. The summed E-state index contributed by atoms with van der Waals surface area (Å²) in [7, 11) is 0. The van der Waals surface area contributed by atoms with Crippen molar-refractivity contribution in [2.24, 2.45) is 28.6 Å². The van der Waals surface area contributed by atoms with E-state index in [0.29, 0.717) is 12.0 Å². The molecule has 0 aromatic heterocycles. The van der Waals surface area contributed by atoms with Crippen LogP contribution < -0.4 is 0 Å². The van der Waals surface area contributed by atoms with Gasteiger partial charge in [0.25, 0.3) is 0 Å². The fourth-order valence-electron chi connectivity index (χ4n) is 6.96. The third kappa shape index (κ3) is 2.55. The van der Waals surface area contributed by atoms with Gasteiger partial charge in [-0.3, -0.25) is 9.59 Å². The molecule has 1 spiro atoms. The first kappa shape index (κ1) is 22.6. The van der Waals surface area contributed by atoms with Crippen LogP contribution in [0.4, 0.5) is 0 Å². The minimum Gasteiger partial charge on any atom is -0.461 e. The largest absolute Gasteiger partial charge is 0.461 e. The molecule has 4 N–H and O–H groups in total. The van der Waals surface area contributed by atoms with Gasteiger partial charge in [-0.05, 0) is 36.8 Å². The number of rotatable bonds is 4. The lowest BCUT2D eigenvalue weighted by atomic mass is 9.59. The van der Waals surface area contributed by atoms with E-state index >= 15 is 0 Å². The molecule has 7 heteroatoms. The Morgan fingerprint density at radius 2 is 1.87 bits per heavy atom. The van der Waals surface area contributed by atoms with E-state index < -0.39 is 58.0 Å². The topological polar surface area (TPSA) is 124 Å². The van der Waals surface area contributed by atoms with Crippen molar-refractivity contribution in [1.82, 2.24) is 0 Å². The average molecular weight is 435 g/mol. The van der Waals surface area contributed by atoms with Gasteiger partial charge in [-0.1, -0.05) is 39.8 Å². The highest BCUT2D eigenvalue weighted by Gasteiger charge is 2.81. The highest BCUT2D eigenvalue weighted by Crippen LogP contribution is 2.73. The molecule has 4 aliphatic rings. The zero-order chi connectivity index (χ0) is 23.1. The minimum absolute atomic E-state index is 0.188. The zero-order valence-corrected chi connectivity index (χ0v) is 18.9. The van der Waals surface area contributed by atoms with Gasteiger partial charge >= 0.3 is 5.97 Å². The zero-order valence-electron chi connectivity index (χ0n) is 18.9. The number of allylic oxidation sites excluding steroid dienone is 1. The predicted molar refractivity (Wildman–Crippen MR) is 112 cm³/mol. The molecule has 2 saturated carbocycles. The summed E-state index contributed by atoms with van der Waals surface area (Å²) >= 11 is 0. The van der Waals surface area contributed by atoms with Crippen molar-refractivity contribution in [1.29, 1.82) is 0 Å². The highest BCUT2D eigenvalue weighted by molar-refractivity contribution is 5.95. The highest BCUT2D eigenvalue weighted by atomic mass is 16.5. The van der Waals surface area contributed by atoms with Gasteiger partial charge in [0.05, 0.1) is 11.0 Å². The molecule has 0 amide bonds. The van der Waals surface area contributed by atoms with Crippen molar-refractivity contribution >= 4 is 11.8 Å². The van der Waals surface area contributed by atoms with Gasteiger partial charge in [0.15, 0.2) is 5.78 Å². The number of fused-ring (bicyclic) bond motifs is 3. The second kappa shape index (κ2) is 6.73. The molecule has 0 radical (unpaired) electrons. The van der Waals surface area contributed by atoms with E-state index in [0.717, 1.165) is 0 Å². The number of carbonyl (C=O) groups is 2. The second-order valence-electron chi connectivity index (χ2n) is 10.7. The van der Waals surface area contributed by atoms with E-state index in [2.05, 4.69) is 0 Å². The van der Waals surface area contributed by atoms with Gasteiger partial charge in [-0.2, -0.15) is 0 Å². The van der Waals surface area contributed by atoms with Crippen LogP contribution in [0.2, 0.25) is 0 Å². The first-order valence-electron chi connectivity index (χ1n) is 11.2. The smallest absolute Gasteiger partial charge is 0.306 e. The molecule has 0 unspecified atom stereocenters. The Balaban J connectivity index is 1.87. The lowest BCUT2D eigenvalue weighted by Crippen LogP contribution is -2.65. The van der Waals surface area contributed by atoms with Gasteiger partial charge in [0.1, 0.15) is 24.4 Å². The minimum atomic E-state index is -2.21. The van der Waals surface area contributed by atoms with Crippen LogP contribution in [0.1, 0.15) is 53.9 Å². The number of Topliss-reactive ketones (excluding diaryl/α,β-unsaturated/α-hetero) is 1. The number of esters is 1. The molecule has 4 rings (SSSR count). The standard InChI is InChI=1S/C24H34O7/c1-6-7-16(25)31-11-14-8-15-17-21(4,5)23(17,29)10-13(3)22(20(15)28)9-12(2)18(26)24(22,30)19(14)27/h8-9,13,15,17-19,26-27,29-30H,6-7,10-11H2,1-5H3/t13-,15+,17-,18+,19-,22+,23+,24-/m1/s1. The molecule has 0 saturated heterocycles. The quantitative estimate of drug-likeness (QED) is 0.388. The van der Waals surface area contributed by atoms with E-state index in [1.807, 2.05) is 20.8 Å². The molecule has 31 heavy (non-hydrogen) atoms. The Morgan fingerprint density at radius 1 is 1.23 bits per heavy atom.